The molecule has 0 heterocycles. The molecule has 1 aromatic rings. The first-order valence-electron chi connectivity index (χ1n) is 7.67. The van der Waals surface area contributed by atoms with Gasteiger partial charge in [0.1, 0.15) is 6.04 Å². The number of hydrogen-bond acceptors (Lipinski definition) is 3. The third kappa shape index (κ3) is 4.55. The van der Waals surface area contributed by atoms with Crippen LogP contribution in [0, 0.1) is 0 Å². The van der Waals surface area contributed by atoms with Crippen LogP contribution in [-0.4, -0.2) is 18.6 Å². The lowest BCUT2D eigenvalue weighted by Crippen LogP contribution is -2.29. The summed E-state index contributed by atoms with van der Waals surface area (Å²) >= 11 is 0. The summed E-state index contributed by atoms with van der Waals surface area (Å²) in [5.41, 5.74) is 3.59. The summed E-state index contributed by atoms with van der Waals surface area (Å²) in [4.78, 5) is 11.9. The fraction of sp³-hybridized carbons (Fsp3) is 0.588. The average Bonchev–Trinajstić information content (AvgIpc) is 2.47. The van der Waals surface area contributed by atoms with Gasteiger partial charge in [-0.15, -0.1) is 0 Å². The van der Waals surface area contributed by atoms with Crippen molar-refractivity contribution in [1.82, 2.24) is 0 Å². The van der Waals surface area contributed by atoms with Crippen LogP contribution in [0.1, 0.15) is 51.7 Å². The molecule has 0 fully saturated rings. The van der Waals surface area contributed by atoms with E-state index < -0.39 is 0 Å². The van der Waals surface area contributed by atoms with Crippen molar-refractivity contribution in [3.05, 3.63) is 29.3 Å². The predicted molar refractivity (Wildman–Crippen MR) is 84.1 cm³/mol. The van der Waals surface area contributed by atoms with Gasteiger partial charge in [-0.2, -0.15) is 0 Å². The van der Waals surface area contributed by atoms with Crippen molar-refractivity contribution in [2.45, 2.75) is 59.4 Å². The van der Waals surface area contributed by atoms with E-state index in [4.69, 9.17) is 4.74 Å². The molecule has 0 spiro atoms. The highest BCUT2D eigenvalue weighted by molar-refractivity contribution is 5.79. The number of esters is 1. The van der Waals surface area contributed by atoms with Crippen LogP contribution in [0.2, 0.25) is 0 Å². The third-order valence-electron chi connectivity index (χ3n) is 3.46. The molecular weight excluding hydrogens is 250 g/mol. The van der Waals surface area contributed by atoms with Gasteiger partial charge in [0.25, 0.3) is 0 Å². The lowest BCUT2D eigenvalue weighted by molar-refractivity contribution is -0.144. The average molecular weight is 277 g/mol. The van der Waals surface area contributed by atoms with Crippen LogP contribution < -0.4 is 5.32 Å². The first-order valence-corrected chi connectivity index (χ1v) is 7.67. The molecule has 0 aromatic heterocycles. The van der Waals surface area contributed by atoms with Crippen molar-refractivity contribution in [2.24, 2.45) is 0 Å². The molecule has 0 saturated heterocycles. The molecule has 3 nitrogen and oxygen atoms in total. The molecule has 0 unspecified atom stereocenters. The van der Waals surface area contributed by atoms with Gasteiger partial charge in [0.2, 0.25) is 0 Å². The number of anilines is 1. The fourth-order valence-corrected chi connectivity index (χ4v) is 2.15. The molecule has 0 saturated carbocycles. The van der Waals surface area contributed by atoms with Crippen molar-refractivity contribution in [3.63, 3.8) is 0 Å². The normalized spacial score (nSPS) is 12.0. The fourth-order valence-electron chi connectivity index (χ4n) is 2.15. The van der Waals surface area contributed by atoms with E-state index >= 15 is 0 Å². The maximum atomic E-state index is 11.9. The molecule has 1 rings (SSSR count). The van der Waals surface area contributed by atoms with Crippen molar-refractivity contribution >= 4 is 11.7 Å². The summed E-state index contributed by atoms with van der Waals surface area (Å²) in [6.07, 6.45) is 3.86. The van der Waals surface area contributed by atoms with E-state index in [1.807, 2.05) is 6.92 Å². The van der Waals surface area contributed by atoms with Crippen molar-refractivity contribution < 1.29 is 9.53 Å². The molecule has 112 valence electrons. The monoisotopic (exact) mass is 277 g/mol. The number of rotatable bonds is 8. The minimum absolute atomic E-state index is 0.175. The summed E-state index contributed by atoms with van der Waals surface area (Å²) in [5, 5.41) is 3.33. The van der Waals surface area contributed by atoms with E-state index in [0.29, 0.717) is 6.61 Å². The standard InChI is InChI=1S/C17H27NO2/c1-5-8-12-20-17(19)13(4)18-16-14(6-2)10-9-11-15(16)7-3/h9-11,13,18H,5-8,12H2,1-4H3/t13-/m0/s1. The highest BCUT2D eigenvalue weighted by Crippen LogP contribution is 2.23. The highest BCUT2D eigenvalue weighted by atomic mass is 16.5. The Morgan fingerprint density at radius 2 is 1.80 bits per heavy atom. The second-order valence-corrected chi connectivity index (χ2v) is 5.05. The molecule has 0 amide bonds. The van der Waals surface area contributed by atoms with Crippen LogP contribution in [-0.2, 0) is 22.4 Å². The van der Waals surface area contributed by atoms with Gasteiger partial charge in [-0.25, -0.2) is 4.79 Å². The number of hydrogen-bond donors (Lipinski definition) is 1. The minimum atomic E-state index is -0.315. The van der Waals surface area contributed by atoms with E-state index in [9.17, 15) is 4.79 Å². The van der Waals surface area contributed by atoms with Gasteiger partial charge in [-0.1, -0.05) is 45.4 Å². The second kappa shape index (κ2) is 8.62. The topological polar surface area (TPSA) is 38.3 Å². The van der Waals surface area contributed by atoms with Crippen LogP contribution in [0.4, 0.5) is 5.69 Å². The number of nitrogens with one attached hydrogen (secondary N) is 1. The Balaban J connectivity index is 2.74. The zero-order chi connectivity index (χ0) is 15.0. The zero-order valence-corrected chi connectivity index (χ0v) is 13.2. The first kappa shape index (κ1) is 16.5. The molecule has 0 radical (unpaired) electrons. The summed E-state index contributed by atoms with van der Waals surface area (Å²) < 4.78 is 5.26. The van der Waals surface area contributed by atoms with E-state index in [1.54, 1.807) is 0 Å². The van der Waals surface area contributed by atoms with E-state index in [0.717, 1.165) is 31.4 Å². The highest BCUT2D eigenvalue weighted by Gasteiger charge is 2.16. The Bertz CT molecular complexity index is 407. The molecule has 1 atom stereocenters. The summed E-state index contributed by atoms with van der Waals surface area (Å²) in [6.45, 7) is 8.71. The lowest BCUT2D eigenvalue weighted by atomic mass is 10.0. The number of para-hydroxylation sites is 1. The maximum Gasteiger partial charge on any atom is 0.328 e. The van der Waals surface area contributed by atoms with Crippen molar-refractivity contribution in [3.8, 4) is 0 Å². The molecule has 1 N–H and O–H groups in total. The molecule has 0 aliphatic heterocycles. The molecule has 0 aliphatic rings. The van der Waals surface area contributed by atoms with Crippen molar-refractivity contribution in [2.75, 3.05) is 11.9 Å². The Hall–Kier alpha value is -1.51. The summed E-state index contributed by atoms with van der Waals surface area (Å²) in [6, 6.07) is 5.98. The predicted octanol–water partition coefficient (Wildman–Crippen LogP) is 3.96. The number of carbonyl (C=O) groups excluding carboxylic acids is 1. The smallest absolute Gasteiger partial charge is 0.328 e. The molecule has 3 heteroatoms. The van der Waals surface area contributed by atoms with Crippen LogP contribution in [0.5, 0.6) is 0 Å². The van der Waals surface area contributed by atoms with Crippen LogP contribution in [0.25, 0.3) is 0 Å². The summed E-state index contributed by atoms with van der Waals surface area (Å²) in [7, 11) is 0. The second-order valence-electron chi connectivity index (χ2n) is 5.05. The van der Waals surface area contributed by atoms with Gasteiger partial charge < -0.3 is 10.1 Å². The maximum absolute atomic E-state index is 11.9. The number of ether oxygens (including phenoxy) is 1. The van der Waals surface area contributed by atoms with Crippen LogP contribution in [0.3, 0.4) is 0 Å². The first-order chi connectivity index (χ1) is 9.63. The zero-order valence-electron chi connectivity index (χ0n) is 13.2. The molecule has 20 heavy (non-hydrogen) atoms. The Morgan fingerprint density at radius 1 is 1.20 bits per heavy atom. The Morgan fingerprint density at radius 3 is 2.30 bits per heavy atom. The number of aryl methyl sites for hydroxylation is 2. The van der Waals surface area contributed by atoms with Crippen LogP contribution >= 0.6 is 0 Å². The van der Waals surface area contributed by atoms with Gasteiger partial charge in [-0.3, -0.25) is 0 Å². The van der Waals surface area contributed by atoms with E-state index in [2.05, 4.69) is 44.3 Å². The minimum Gasteiger partial charge on any atom is -0.464 e. The van der Waals surface area contributed by atoms with Gasteiger partial charge in [0.05, 0.1) is 6.61 Å². The Kier molecular flexibility index (Phi) is 7.13. The molecule has 0 bridgehead atoms. The van der Waals surface area contributed by atoms with Gasteiger partial charge in [0.15, 0.2) is 0 Å². The van der Waals surface area contributed by atoms with Gasteiger partial charge in [-0.05, 0) is 37.3 Å². The van der Waals surface area contributed by atoms with Gasteiger partial charge in [0, 0.05) is 5.69 Å². The lowest BCUT2D eigenvalue weighted by Gasteiger charge is -2.19. The van der Waals surface area contributed by atoms with Gasteiger partial charge >= 0.3 is 5.97 Å². The number of carbonyl (C=O) groups is 1. The number of benzene rings is 1. The summed E-state index contributed by atoms with van der Waals surface area (Å²) in [5.74, 6) is -0.175. The van der Waals surface area contributed by atoms with E-state index in [1.165, 1.54) is 11.1 Å². The van der Waals surface area contributed by atoms with Crippen molar-refractivity contribution in [1.29, 1.82) is 0 Å². The number of unbranched alkanes of at least 4 members (excludes halogenated alkanes) is 1. The molecule has 0 aliphatic carbocycles. The SMILES string of the molecule is CCCCOC(=O)[C@H](C)Nc1c(CC)cccc1CC. The Labute approximate surface area is 122 Å². The van der Waals surface area contributed by atoms with E-state index in [-0.39, 0.29) is 12.0 Å². The molecular formula is C17H27NO2. The largest absolute Gasteiger partial charge is 0.464 e. The van der Waals surface area contributed by atoms with Crippen LogP contribution in [0.15, 0.2) is 18.2 Å². The molecule has 1 aromatic carbocycles. The third-order valence-corrected chi connectivity index (χ3v) is 3.46. The quantitative estimate of drug-likeness (QED) is 0.577.